The zero-order valence-electron chi connectivity index (χ0n) is 7.35. The summed E-state index contributed by atoms with van der Waals surface area (Å²) in [5, 5.41) is 9.05. The van der Waals surface area contributed by atoms with Crippen LogP contribution in [0.1, 0.15) is 10.5 Å². The van der Waals surface area contributed by atoms with E-state index in [4.69, 9.17) is 5.11 Å². The molecular formula is C9H9BrN2O2. The molecule has 5 heteroatoms. The predicted molar refractivity (Wildman–Crippen MR) is 53.8 cm³/mol. The van der Waals surface area contributed by atoms with Crippen molar-refractivity contribution in [3.8, 4) is 0 Å². The number of carbonyl (C=O) groups excluding carboxylic acids is 1. The van der Waals surface area contributed by atoms with Crippen molar-refractivity contribution in [1.82, 2.24) is 9.88 Å². The van der Waals surface area contributed by atoms with Crippen molar-refractivity contribution in [3.05, 3.63) is 28.5 Å². The van der Waals surface area contributed by atoms with Crippen LogP contribution in [-0.4, -0.2) is 40.1 Å². The van der Waals surface area contributed by atoms with Gasteiger partial charge in [-0.3, -0.25) is 4.79 Å². The van der Waals surface area contributed by atoms with E-state index in [0.717, 1.165) is 0 Å². The first-order valence-corrected chi connectivity index (χ1v) is 5.06. The Balaban J connectivity index is 2.12. The zero-order valence-corrected chi connectivity index (χ0v) is 8.94. The molecule has 0 aromatic carbocycles. The largest absolute Gasteiger partial charge is 0.389 e. The maximum absolute atomic E-state index is 11.7. The van der Waals surface area contributed by atoms with Crippen LogP contribution in [0.4, 0.5) is 0 Å². The smallest absolute Gasteiger partial charge is 0.272 e. The molecule has 2 heterocycles. The lowest BCUT2D eigenvalue weighted by atomic mass is 10.1. The number of hydrogen-bond acceptors (Lipinski definition) is 3. The second kappa shape index (κ2) is 3.67. The van der Waals surface area contributed by atoms with Crippen molar-refractivity contribution >= 4 is 21.8 Å². The van der Waals surface area contributed by atoms with E-state index in [9.17, 15) is 4.79 Å². The van der Waals surface area contributed by atoms with E-state index in [2.05, 4.69) is 20.9 Å². The fourth-order valence-corrected chi connectivity index (χ4v) is 1.65. The molecule has 1 aromatic heterocycles. The predicted octanol–water partition coefficient (Wildman–Crippen LogP) is 0.661. The second-order valence-corrected chi connectivity index (χ2v) is 4.02. The van der Waals surface area contributed by atoms with E-state index in [1.54, 1.807) is 23.1 Å². The molecule has 0 unspecified atom stereocenters. The Kier molecular flexibility index (Phi) is 2.52. The van der Waals surface area contributed by atoms with E-state index in [1.807, 2.05) is 0 Å². The van der Waals surface area contributed by atoms with Gasteiger partial charge in [0.1, 0.15) is 10.3 Å². The molecule has 0 spiro atoms. The molecule has 1 aromatic rings. The highest BCUT2D eigenvalue weighted by Gasteiger charge is 2.29. The van der Waals surface area contributed by atoms with Gasteiger partial charge in [0.2, 0.25) is 0 Å². The number of carbonyl (C=O) groups is 1. The quantitative estimate of drug-likeness (QED) is 0.752. The Morgan fingerprint density at radius 1 is 1.57 bits per heavy atom. The summed E-state index contributed by atoms with van der Waals surface area (Å²) < 4.78 is 0.643. The molecular weight excluding hydrogens is 248 g/mol. The molecule has 1 N–H and O–H groups in total. The van der Waals surface area contributed by atoms with Gasteiger partial charge in [-0.2, -0.15) is 0 Å². The first-order chi connectivity index (χ1) is 6.66. The van der Waals surface area contributed by atoms with Gasteiger partial charge in [0, 0.05) is 13.1 Å². The van der Waals surface area contributed by atoms with Crippen LogP contribution in [0.25, 0.3) is 0 Å². The monoisotopic (exact) mass is 256 g/mol. The summed E-state index contributed by atoms with van der Waals surface area (Å²) in [6.45, 7) is 0.819. The summed E-state index contributed by atoms with van der Waals surface area (Å²) in [5.74, 6) is -0.128. The van der Waals surface area contributed by atoms with Crippen molar-refractivity contribution in [3.63, 3.8) is 0 Å². The van der Waals surface area contributed by atoms with Crippen LogP contribution in [0.5, 0.6) is 0 Å². The molecule has 1 amide bonds. The summed E-state index contributed by atoms with van der Waals surface area (Å²) in [6, 6.07) is 5.19. The molecule has 0 aliphatic carbocycles. The summed E-state index contributed by atoms with van der Waals surface area (Å²) >= 11 is 3.20. The number of pyridine rings is 1. The highest BCUT2D eigenvalue weighted by molar-refractivity contribution is 9.10. The number of amides is 1. The molecule has 0 saturated carbocycles. The fourth-order valence-electron chi connectivity index (χ4n) is 1.31. The average Bonchev–Trinajstić information content (AvgIpc) is 2.12. The molecule has 0 atom stereocenters. The maximum Gasteiger partial charge on any atom is 0.272 e. The third-order valence-electron chi connectivity index (χ3n) is 2.08. The number of aromatic nitrogens is 1. The summed E-state index contributed by atoms with van der Waals surface area (Å²) in [6.07, 6.45) is -0.369. The number of aliphatic hydroxyl groups excluding tert-OH is 1. The van der Waals surface area contributed by atoms with E-state index in [-0.39, 0.29) is 12.0 Å². The van der Waals surface area contributed by atoms with Crippen molar-refractivity contribution in [1.29, 1.82) is 0 Å². The Labute approximate surface area is 89.7 Å². The average molecular weight is 257 g/mol. The zero-order chi connectivity index (χ0) is 10.1. The van der Waals surface area contributed by atoms with Gasteiger partial charge in [0.25, 0.3) is 5.91 Å². The van der Waals surface area contributed by atoms with E-state index >= 15 is 0 Å². The minimum absolute atomic E-state index is 0.128. The van der Waals surface area contributed by atoms with Crippen LogP contribution < -0.4 is 0 Å². The standard InChI is InChI=1S/C9H9BrN2O2/c10-8-3-1-2-7(11-8)9(14)12-4-6(13)5-12/h1-3,6,13H,4-5H2. The van der Waals surface area contributed by atoms with Crippen LogP contribution in [0.2, 0.25) is 0 Å². The fraction of sp³-hybridized carbons (Fsp3) is 0.333. The Morgan fingerprint density at radius 2 is 2.29 bits per heavy atom. The van der Waals surface area contributed by atoms with Gasteiger partial charge in [0.05, 0.1) is 6.10 Å². The highest BCUT2D eigenvalue weighted by Crippen LogP contribution is 2.13. The molecule has 1 fully saturated rings. The summed E-state index contributed by atoms with van der Waals surface area (Å²) in [4.78, 5) is 17.3. The lowest BCUT2D eigenvalue weighted by molar-refractivity contribution is 0.00549. The molecule has 1 aliphatic heterocycles. The number of hydrogen-bond donors (Lipinski definition) is 1. The Hall–Kier alpha value is -0.940. The van der Waals surface area contributed by atoms with Crippen LogP contribution in [-0.2, 0) is 0 Å². The van der Waals surface area contributed by atoms with Gasteiger partial charge in [-0.1, -0.05) is 6.07 Å². The maximum atomic E-state index is 11.7. The number of likely N-dealkylation sites (tertiary alicyclic amines) is 1. The molecule has 74 valence electrons. The number of β-amino-alcohol motifs (C(OH)–C–C–N with tert-alkyl or cyclic N) is 1. The van der Waals surface area contributed by atoms with E-state index in [0.29, 0.717) is 23.4 Å². The van der Waals surface area contributed by atoms with Crippen molar-refractivity contribution < 1.29 is 9.90 Å². The minimum Gasteiger partial charge on any atom is -0.389 e. The first kappa shape index (κ1) is 9.61. The van der Waals surface area contributed by atoms with Gasteiger partial charge >= 0.3 is 0 Å². The van der Waals surface area contributed by atoms with E-state index in [1.165, 1.54) is 0 Å². The normalized spacial score (nSPS) is 16.6. The topological polar surface area (TPSA) is 53.4 Å². The number of aliphatic hydroxyl groups is 1. The van der Waals surface area contributed by atoms with Crippen LogP contribution in [0.15, 0.2) is 22.8 Å². The lowest BCUT2D eigenvalue weighted by Gasteiger charge is -2.35. The second-order valence-electron chi connectivity index (χ2n) is 3.21. The number of halogens is 1. The Morgan fingerprint density at radius 3 is 2.86 bits per heavy atom. The van der Waals surface area contributed by atoms with Crippen LogP contribution in [0.3, 0.4) is 0 Å². The molecule has 0 radical (unpaired) electrons. The third-order valence-corrected chi connectivity index (χ3v) is 2.53. The van der Waals surface area contributed by atoms with Gasteiger partial charge in [0.15, 0.2) is 0 Å². The van der Waals surface area contributed by atoms with Crippen molar-refractivity contribution in [2.24, 2.45) is 0 Å². The van der Waals surface area contributed by atoms with E-state index < -0.39 is 0 Å². The minimum atomic E-state index is -0.369. The molecule has 14 heavy (non-hydrogen) atoms. The molecule has 2 rings (SSSR count). The summed E-state index contributed by atoms with van der Waals surface area (Å²) in [7, 11) is 0. The Bertz CT molecular complexity index is 364. The number of nitrogens with zero attached hydrogens (tertiary/aromatic N) is 2. The molecule has 1 saturated heterocycles. The highest BCUT2D eigenvalue weighted by atomic mass is 79.9. The van der Waals surface area contributed by atoms with Crippen molar-refractivity contribution in [2.75, 3.05) is 13.1 Å². The van der Waals surface area contributed by atoms with Crippen LogP contribution in [0, 0.1) is 0 Å². The van der Waals surface area contributed by atoms with Crippen LogP contribution >= 0.6 is 15.9 Å². The van der Waals surface area contributed by atoms with Gasteiger partial charge in [-0.25, -0.2) is 4.98 Å². The van der Waals surface area contributed by atoms with Gasteiger partial charge in [-0.15, -0.1) is 0 Å². The van der Waals surface area contributed by atoms with Crippen molar-refractivity contribution in [2.45, 2.75) is 6.10 Å². The number of rotatable bonds is 1. The molecule has 1 aliphatic rings. The van der Waals surface area contributed by atoms with Gasteiger partial charge in [-0.05, 0) is 28.1 Å². The molecule has 0 bridgehead atoms. The SMILES string of the molecule is O=C(c1cccc(Br)n1)N1CC(O)C1. The summed E-state index contributed by atoms with van der Waals surface area (Å²) in [5.41, 5.74) is 0.409. The van der Waals surface area contributed by atoms with Gasteiger partial charge < -0.3 is 10.0 Å². The third kappa shape index (κ3) is 1.78. The first-order valence-electron chi connectivity index (χ1n) is 4.27. The molecule has 4 nitrogen and oxygen atoms in total. The lowest BCUT2D eigenvalue weighted by Crippen LogP contribution is -2.53.